The van der Waals surface area contributed by atoms with Gasteiger partial charge in [-0.25, -0.2) is 0 Å². The van der Waals surface area contributed by atoms with Gasteiger partial charge in [-0.1, -0.05) is 13.0 Å². The predicted molar refractivity (Wildman–Crippen MR) is 72.3 cm³/mol. The van der Waals surface area contributed by atoms with Crippen molar-refractivity contribution in [2.24, 2.45) is 5.92 Å². The maximum atomic E-state index is 12.0. The van der Waals surface area contributed by atoms with Crippen LogP contribution in [0, 0.1) is 5.92 Å². The lowest BCUT2D eigenvalue weighted by molar-refractivity contribution is 0.0940. The SMILES string of the molecule is CC1CCCNC1CNC(=O)c1cccc(O)c1O. The average Bonchev–Trinajstić information content (AvgIpc) is 2.40. The minimum Gasteiger partial charge on any atom is -0.504 e. The fourth-order valence-electron chi connectivity index (χ4n) is 2.40. The molecule has 0 radical (unpaired) electrons. The van der Waals surface area contributed by atoms with E-state index in [-0.39, 0.29) is 29.0 Å². The molecule has 0 bridgehead atoms. The highest BCUT2D eigenvalue weighted by atomic mass is 16.3. The summed E-state index contributed by atoms with van der Waals surface area (Å²) in [6.07, 6.45) is 2.32. The smallest absolute Gasteiger partial charge is 0.255 e. The summed E-state index contributed by atoms with van der Waals surface area (Å²) in [5.41, 5.74) is 0.100. The molecule has 5 heteroatoms. The van der Waals surface area contributed by atoms with Gasteiger partial charge in [0.1, 0.15) is 0 Å². The summed E-state index contributed by atoms with van der Waals surface area (Å²) in [7, 11) is 0. The second kappa shape index (κ2) is 5.93. The van der Waals surface area contributed by atoms with Crippen molar-refractivity contribution in [3.05, 3.63) is 23.8 Å². The molecule has 0 saturated carbocycles. The van der Waals surface area contributed by atoms with Crippen LogP contribution in [0.25, 0.3) is 0 Å². The van der Waals surface area contributed by atoms with Crippen LogP contribution in [-0.4, -0.2) is 35.3 Å². The van der Waals surface area contributed by atoms with Crippen molar-refractivity contribution in [2.75, 3.05) is 13.1 Å². The van der Waals surface area contributed by atoms with Gasteiger partial charge >= 0.3 is 0 Å². The third-order valence-electron chi connectivity index (χ3n) is 3.67. The molecule has 1 amide bonds. The fraction of sp³-hybridized carbons (Fsp3) is 0.500. The van der Waals surface area contributed by atoms with E-state index in [1.54, 1.807) is 0 Å². The second-order valence-electron chi connectivity index (χ2n) is 5.06. The number of carbonyl (C=O) groups is 1. The Morgan fingerprint density at radius 1 is 1.47 bits per heavy atom. The molecule has 2 atom stereocenters. The van der Waals surface area contributed by atoms with Gasteiger partial charge in [-0.2, -0.15) is 0 Å². The number of carbonyl (C=O) groups excluding carboxylic acids is 1. The molecule has 2 unspecified atom stereocenters. The van der Waals surface area contributed by atoms with Crippen LogP contribution >= 0.6 is 0 Å². The molecule has 1 aliphatic heterocycles. The Morgan fingerprint density at radius 2 is 2.26 bits per heavy atom. The molecule has 1 heterocycles. The van der Waals surface area contributed by atoms with Crippen LogP contribution in [0.5, 0.6) is 11.5 Å². The largest absolute Gasteiger partial charge is 0.504 e. The lowest BCUT2D eigenvalue weighted by Gasteiger charge is -2.30. The molecule has 104 valence electrons. The summed E-state index contributed by atoms with van der Waals surface area (Å²) < 4.78 is 0. The quantitative estimate of drug-likeness (QED) is 0.619. The van der Waals surface area contributed by atoms with Crippen molar-refractivity contribution >= 4 is 5.91 Å². The Morgan fingerprint density at radius 3 is 3.00 bits per heavy atom. The molecular weight excluding hydrogens is 244 g/mol. The number of hydrogen-bond donors (Lipinski definition) is 4. The molecule has 1 aromatic rings. The normalized spacial score (nSPS) is 23.0. The van der Waals surface area contributed by atoms with Crippen molar-refractivity contribution in [2.45, 2.75) is 25.8 Å². The number of rotatable bonds is 3. The number of nitrogens with one attached hydrogen (secondary N) is 2. The Hall–Kier alpha value is -1.75. The molecular formula is C14H20N2O3. The van der Waals surface area contributed by atoms with E-state index < -0.39 is 0 Å². The zero-order valence-electron chi connectivity index (χ0n) is 11.0. The van der Waals surface area contributed by atoms with Gasteiger partial charge in [0.05, 0.1) is 5.56 Å². The number of phenolic OH excluding ortho intramolecular Hbond substituents is 2. The van der Waals surface area contributed by atoms with Gasteiger partial charge < -0.3 is 20.8 Å². The second-order valence-corrected chi connectivity index (χ2v) is 5.06. The van der Waals surface area contributed by atoms with Crippen LogP contribution in [0.4, 0.5) is 0 Å². The van der Waals surface area contributed by atoms with Gasteiger partial charge in [0.15, 0.2) is 11.5 Å². The molecule has 4 N–H and O–H groups in total. The molecule has 19 heavy (non-hydrogen) atoms. The van der Waals surface area contributed by atoms with E-state index in [1.165, 1.54) is 24.6 Å². The number of benzene rings is 1. The Bertz CT molecular complexity index is 462. The van der Waals surface area contributed by atoms with E-state index in [1.807, 2.05) is 0 Å². The minimum absolute atomic E-state index is 0.100. The Balaban J connectivity index is 1.95. The number of phenols is 2. The molecule has 0 spiro atoms. The van der Waals surface area contributed by atoms with Crippen LogP contribution in [0.15, 0.2) is 18.2 Å². The first-order valence-corrected chi connectivity index (χ1v) is 6.62. The van der Waals surface area contributed by atoms with Crippen molar-refractivity contribution in [1.82, 2.24) is 10.6 Å². The summed E-state index contributed by atoms with van der Waals surface area (Å²) in [6, 6.07) is 4.63. The van der Waals surface area contributed by atoms with E-state index >= 15 is 0 Å². The van der Waals surface area contributed by atoms with E-state index in [2.05, 4.69) is 17.6 Å². The summed E-state index contributed by atoms with van der Waals surface area (Å²) in [5, 5.41) is 25.2. The molecule has 2 rings (SSSR count). The predicted octanol–water partition coefficient (Wildman–Crippen LogP) is 1.22. The summed E-state index contributed by atoms with van der Waals surface area (Å²) in [4.78, 5) is 12.0. The third kappa shape index (κ3) is 3.17. The number of para-hydroxylation sites is 1. The zero-order chi connectivity index (χ0) is 13.8. The summed E-state index contributed by atoms with van der Waals surface area (Å²) in [5.74, 6) is -0.499. The Kier molecular flexibility index (Phi) is 4.27. The molecule has 5 nitrogen and oxygen atoms in total. The first-order valence-electron chi connectivity index (χ1n) is 6.62. The van der Waals surface area contributed by atoms with Crippen molar-refractivity contribution in [1.29, 1.82) is 0 Å². The Labute approximate surface area is 112 Å². The highest BCUT2D eigenvalue weighted by Gasteiger charge is 2.22. The highest BCUT2D eigenvalue weighted by molar-refractivity contribution is 5.97. The van der Waals surface area contributed by atoms with Crippen LogP contribution in [0.1, 0.15) is 30.1 Å². The van der Waals surface area contributed by atoms with E-state index in [0.717, 1.165) is 13.0 Å². The average molecular weight is 264 g/mol. The summed E-state index contributed by atoms with van der Waals surface area (Å²) >= 11 is 0. The van der Waals surface area contributed by atoms with Crippen LogP contribution in [-0.2, 0) is 0 Å². The lowest BCUT2D eigenvalue weighted by Crippen LogP contribution is -2.47. The molecule has 1 aromatic carbocycles. The zero-order valence-corrected chi connectivity index (χ0v) is 11.0. The molecule has 1 fully saturated rings. The van der Waals surface area contributed by atoms with Gasteiger partial charge in [-0.15, -0.1) is 0 Å². The molecule has 0 aromatic heterocycles. The minimum atomic E-state index is -0.371. The van der Waals surface area contributed by atoms with Gasteiger partial charge in [0, 0.05) is 12.6 Å². The monoisotopic (exact) mass is 264 g/mol. The van der Waals surface area contributed by atoms with Crippen LogP contribution < -0.4 is 10.6 Å². The van der Waals surface area contributed by atoms with Crippen LogP contribution in [0.3, 0.4) is 0 Å². The van der Waals surface area contributed by atoms with Gasteiger partial charge in [0.2, 0.25) is 0 Å². The number of amides is 1. The highest BCUT2D eigenvalue weighted by Crippen LogP contribution is 2.28. The lowest BCUT2D eigenvalue weighted by atomic mass is 9.93. The first kappa shape index (κ1) is 13.7. The maximum absolute atomic E-state index is 12.0. The van der Waals surface area contributed by atoms with Gasteiger partial charge in [-0.3, -0.25) is 4.79 Å². The standard InChI is InChI=1S/C14H20N2O3/c1-9-4-3-7-15-11(9)8-16-14(19)10-5-2-6-12(17)13(10)18/h2,5-6,9,11,15,17-18H,3-4,7-8H2,1H3,(H,16,19). The number of piperidine rings is 1. The topological polar surface area (TPSA) is 81.6 Å². The van der Waals surface area contributed by atoms with E-state index in [9.17, 15) is 15.0 Å². The van der Waals surface area contributed by atoms with Crippen molar-refractivity contribution < 1.29 is 15.0 Å². The van der Waals surface area contributed by atoms with E-state index in [0.29, 0.717) is 12.5 Å². The summed E-state index contributed by atoms with van der Waals surface area (Å²) in [6.45, 7) is 3.66. The van der Waals surface area contributed by atoms with Crippen molar-refractivity contribution in [3.8, 4) is 11.5 Å². The fourth-order valence-corrected chi connectivity index (χ4v) is 2.40. The molecule has 1 saturated heterocycles. The molecule has 1 aliphatic rings. The van der Waals surface area contributed by atoms with Gasteiger partial charge in [-0.05, 0) is 37.4 Å². The first-order chi connectivity index (χ1) is 9.09. The number of aromatic hydroxyl groups is 2. The van der Waals surface area contributed by atoms with E-state index in [4.69, 9.17) is 0 Å². The van der Waals surface area contributed by atoms with Crippen molar-refractivity contribution in [3.63, 3.8) is 0 Å². The van der Waals surface area contributed by atoms with Crippen LogP contribution in [0.2, 0.25) is 0 Å². The maximum Gasteiger partial charge on any atom is 0.255 e. The third-order valence-corrected chi connectivity index (χ3v) is 3.67. The number of hydrogen-bond acceptors (Lipinski definition) is 4. The molecule has 0 aliphatic carbocycles. The van der Waals surface area contributed by atoms with Gasteiger partial charge in [0.25, 0.3) is 5.91 Å².